The van der Waals surface area contributed by atoms with E-state index in [4.69, 9.17) is 5.73 Å². The lowest BCUT2D eigenvalue weighted by Crippen LogP contribution is -2.44. The van der Waals surface area contributed by atoms with Crippen LogP contribution in [0.3, 0.4) is 0 Å². The molecule has 4 heteroatoms. The Bertz CT molecular complexity index is 194. The highest BCUT2D eigenvalue weighted by Gasteiger charge is 2.26. The molecule has 0 aromatic heterocycles. The SMILES string of the molecule is CC(C)N1CCCC1CNC(=O)CN. The predicted octanol–water partition coefficient (Wildman–Crippen LogP) is -0.0659. The monoisotopic (exact) mass is 199 g/mol. The number of nitrogens with two attached hydrogens (primary N) is 1. The Morgan fingerprint density at radius 1 is 1.64 bits per heavy atom. The first-order chi connectivity index (χ1) is 6.65. The molecule has 4 nitrogen and oxygen atoms in total. The molecule has 1 fully saturated rings. The smallest absolute Gasteiger partial charge is 0.233 e. The van der Waals surface area contributed by atoms with Gasteiger partial charge in [0.2, 0.25) is 5.91 Å². The van der Waals surface area contributed by atoms with E-state index in [2.05, 4.69) is 24.1 Å². The van der Waals surface area contributed by atoms with Crippen molar-refractivity contribution in [3.05, 3.63) is 0 Å². The molecule has 1 rings (SSSR count). The average Bonchev–Trinajstić information content (AvgIpc) is 2.62. The summed E-state index contributed by atoms with van der Waals surface area (Å²) in [5.41, 5.74) is 5.23. The summed E-state index contributed by atoms with van der Waals surface area (Å²) in [6.45, 7) is 6.38. The molecule has 0 saturated carbocycles. The predicted molar refractivity (Wildman–Crippen MR) is 56.9 cm³/mol. The number of carbonyl (C=O) groups excluding carboxylic acids is 1. The van der Waals surface area contributed by atoms with Crippen molar-refractivity contribution in [2.24, 2.45) is 5.73 Å². The van der Waals surface area contributed by atoms with Gasteiger partial charge in [0, 0.05) is 18.6 Å². The van der Waals surface area contributed by atoms with E-state index in [0.29, 0.717) is 12.1 Å². The van der Waals surface area contributed by atoms with Gasteiger partial charge in [-0.2, -0.15) is 0 Å². The highest BCUT2D eigenvalue weighted by atomic mass is 16.1. The van der Waals surface area contributed by atoms with Crippen molar-refractivity contribution in [2.75, 3.05) is 19.6 Å². The zero-order chi connectivity index (χ0) is 10.6. The minimum atomic E-state index is -0.0550. The van der Waals surface area contributed by atoms with Gasteiger partial charge in [-0.25, -0.2) is 0 Å². The Morgan fingerprint density at radius 3 is 2.93 bits per heavy atom. The van der Waals surface area contributed by atoms with E-state index in [0.717, 1.165) is 13.1 Å². The molecule has 1 aliphatic rings. The van der Waals surface area contributed by atoms with Crippen LogP contribution in [0.4, 0.5) is 0 Å². The number of hydrogen-bond acceptors (Lipinski definition) is 3. The molecule has 1 unspecified atom stereocenters. The fourth-order valence-corrected chi connectivity index (χ4v) is 2.06. The second kappa shape index (κ2) is 5.32. The number of amides is 1. The molecule has 0 aromatic rings. The molecule has 1 amide bonds. The maximum Gasteiger partial charge on any atom is 0.233 e. The number of nitrogens with zero attached hydrogens (tertiary/aromatic N) is 1. The van der Waals surface area contributed by atoms with Crippen molar-refractivity contribution in [3.8, 4) is 0 Å². The highest BCUT2D eigenvalue weighted by molar-refractivity contribution is 5.77. The van der Waals surface area contributed by atoms with Gasteiger partial charge in [0.25, 0.3) is 0 Å². The van der Waals surface area contributed by atoms with E-state index in [9.17, 15) is 4.79 Å². The first kappa shape index (κ1) is 11.5. The number of hydrogen-bond donors (Lipinski definition) is 2. The highest BCUT2D eigenvalue weighted by Crippen LogP contribution is 2.18. The number of carbonyl (C=O) groups is 1. The summed E-state index contributed by atoms with van der Waals surface area (Å²) in [6.07, 6.45) is 2.42. The lowest BCUT2D eigenvalue weighted by Gasteiger charge is -2.28. The Labute approximate surface area is 85.8 Å². The van der Waals surface area contributed by atoms with Crippen LogP contribution in [-0.4, -0.2) is 42.5 Å². The fourth-order valence-electron chi connectivity index (χ4n) is 2.06. The van der Waals surface area contributed by atoms with E-state index in [1.54, 1.807) is 0 Å². The van der Waals surface area contributed by atoms with E-state index in [-0.39, 0.29) is 12.5 Å². The van der Waals surface area contributed by atoms with Crippen molar-refractivity contribution in [1.29, 1.82) is 0 Å². The summed E-state index contributed by atoms with van der Waals surface area (Å²) in [7, 11) is 0. The van der Waals surface area contributed by atoms with Gasteiger partial charge in [-0.15, -0.1) is 0 Å². The largest absolute Gasteiger partial charge is 0.353 e. The number of likely N-dealkylation sites (tertiary alicyclic amines) is 1. The quantitative estimate of drug-likeness (QED) is 0.666. The van der Waals surface area contributed by atoms with E-state index in [1.807, 2.05) is 0 Å². The summed E-state index contributed by atoms with van der Waals surface area (Å²) in [6, 6.07) is 1.07. The van der Waals surface area contributed by atoms with Crippen molar-refractivity contribution < 1.29 is 4.79 Å². The molecular formula is C10H21N3O. The summed E-state index contributed by atoms with van der Waals surface area (Å²) >= 11 is 0. The van der Waals surface area contributed by atoms with Gasteiger partial charge < -0.3 is 11.1 Å². The topological polar surface area (TPSA) is 58.4 Å². The second-order valence-electron chi connectivity index (χ2n) is 4.14. The third kappa shape index (κ3) is 2.96. The van der Waals surface area contributed by atoms with Gasteiger partial charge in [-0.05, 0) is 33.2 Å². The van der Waals surface area contributed by atoms with Gasteiger partial charge in [0.15, 0.2) is 0 Å². The van der Waals surface area contributed by atoms with Crippen molar-refractivity contribution >= 4 is 5.91 Å². The van der Waals surface area contributed by atoms with Crippen LogP contribution in [0.15, 0.2) is 0 Å². The lowest BCUT2D eigenvalue weighted by molar-refractivity contribution is -0.119. The van der Waals surface area contributed by atoms with E-state index in [1.165, 1.54) is 12.8 Å². The van der Waals surface area contributed by atoms with E-state index < -0.39 is 0 Å². The lowest BCUT2D eigenvalue weighted by atomic mass is 10.2. The van der Waals surface area contributed by atoms with Crippen molar-refractivity contribution in [3.63, 3.8) is 0 Å². The maximum absolute atomic E-state index is 11.0. The molecule has 1 atom stereocenters. The summed E-state index contributed by atoms with van der Waals surface area (Å²) in [5.74, 6) is -0.0550. The first-order valence-corrected chi connectivity index (χ1v) is 5.37. The van der Waals surface area contributed by atoms with Crippen molar-refractivity contribution in [1.82, 2.24) is 10.2 Å². The Morgan fingerprint density at radius 2 is 2.36 bits per heavy atom. The van der Waals surface area contributed by atoms with Crippen LogP contribution in [0.25, 0.3) is 0 Å². The average molecular weight is 199 g/mol. The molecule has 3 N–H and O–H groups in total. The van der Waals surface area contributed by atoms with Crippen LogP contribution in [0.2, 0.25) is 0 Å². The summed E-state index contributed by atoms with van der Waals surface area (Å²) in [5, 5.41) is 2.85. The zero-order valence-corrected chi connectivity index (χ0v) is 9.12. The molecule has 1 heterocycles. The molecular weight excluding hydrogens is 178 g/mol. The molecule has 1 saturated heterocycles. The second-order valence-corrected chi connectivity index (χ2v) is 4.14. The Hall–Kier alpha value is -0.610. The van der Waals surface area contributed by atoms with Crippen LogP contribution in [0.5, 0.6) is 0 Å². The summed E-state index contributed by atoms with van der Waals surface area (Å²) < 4.78 is 0. The third-order valence-electron chi connectivity index (χ3n) is 2.81. The molecule has 1 aliphatic heterocycles. The Kier molecular flexibility index (Phi) is 4.35. The molecule has 0 spiro atoms. The zero-order valence-electron chi connectivity index (χ0n) is 9.12. The molecule has 0 aromatic carbocycles. The summed E-state index contributed by atoms with van der Waals surface area (Å²) in [4.78, 5) is 13.4. The molecule has 82 valence electrons. The fraction of sp³-hybridized carbons (Fsp3) is 0.900. The molecule has 0 aliphatic carbocycles. The van der Waals surface area contributed by atoms with Crippen LogP contribution in [-0.2, 0) is 4.79 Å². The minimum absolute atomic E-state index is 0.0550. The third-order valence-corrected chi connectivity index (χ3v) is 2.81. The normalized spacial score (nSPS) is 23.0. The van der Waals surface area contributed by atoms with Crippen LogP contribution < -0.4 is 11.1 Å². The molecule has 0 radical (unpaired) electrons. The standard InChI is InChI=1S/C10H21N3O/c1-8(2)13-5-3-4-9(13)7-12-10(14)6-11/h8-9H,3-7,11H2,1-2H3,(H,12,14). The minimum Gasteiger partial charge on any atom is -0.353 e. The van der Waals surface area contributed by atoms with Gasteiger partial charge in [0.05, 0.1) is 6.54 Å². The first-order valence-electron chi connectivity index (χ1n) is 5.37. The Balaban J connectivity index is 2.32. The molecule has 0 bridgehead atoms. The number of rotatable bonds is 4. The van der Waals surface area contributed by atoms with E-state index >= 15 is 0 Å². The maximum atomic E-state index is 11.0. The van der Waals surface area contributed by atoms with Crippen LogP contribution in [0, 0.1) is 0 Å². The number of nitrogens with one attached hydrogen (secondary N) is 1. The van der Waals surface area contributed by atoms with Gasteiger partial charge in [-0.1, -0.05) is 0 Å². The van der Waals surface area contributed by atoms with Crippen LogP contribution in [0.1, 0.15) is 26.7 Å². The van der Waals surface area contributed by atoms with Crippen LogP contribution >= 0.6 is 0 Å². The van der Waals surface area contributed by atoms with Gasteiger partial charge in [0.1, 0.15) is 0 Å². The van der Waals surface area contributed by atoms with Crippen molar-refractivity contribution in [2.45, 2.75) is 38.8 Å². The molecule has 14 heavy (non-hydrogen) atoms. The van der Waals surface area contributed by atoms with Gasteiger partial charge in [-0.3, -0.25) is 9.69 Å². The van der Waals surface area contributed by atoms with Gasteiger partial charge >= 0.3 is 0 Å².